The maximum absolute atomic E-state index is 7.56. The summed E-state index contributed by atoms with van der Waals surface area (Å²) in [5, 5.41) is 3.53. The van der Waals surface area contributed by atoms with Crippen molar-refractivity contribution in [1.29, 1.82) is 0 Å². The van der Waals surface area contributed by atoms with Crippen LogP contribution in [-0.4, -0.2) is 18.2 Å². The molecule has 46 heavy (non-hydrogen) atoms. The summed E-state index contributed by atoms with van der Waals surface area (Å²) in [4.78, 5) is 3.63. The minimum absolute atomic E-state index is 0.281. The van der Waals surface area contributed by atoms with Crippen molar-refractivity contribution >= 4 is 34.2 Å². The molecular formula is C34H37ClN3O5P3. The zero-order valence-corrected chi connectivity index (χ0v) is 28.9. The van der Waals surface area contributed by atoms with Crippen LogP contribution in [0.4, 0.5) is 0 Å². The van der Waals surface area contributed by atoms with Crippen molar-refractivity contribution in [2.24, 2.45) is 4.74 Å². The molecule has 3 atom stereocenters. The van der Waals surface area contributed by atoms with E-state index in [-0.39, 0.29) is 6.54 Å². The second-order valence-electron chi connectivity index (χ2n) is 10.5. The number of halogens is 1. The maximum atomic E-state index is 7.56. The van der Waals surface area contributed by atoms with Crippen molar-refractivity contribution < 1.29 is 22.8 Å². The summed E-state index contributed by atoms with van der Waals surface area (Å²) in [6.45, 7) is 2.26. The Hall–Kier alpha value is -3.60. The third kappa shape index (κ3) is 8.60. The molecule has 0 bridgehead atoms. The summed E-state index contributed by atoms with van der Waals surface area (Å²) < 4.78 is 39.0. The normalized spacial score (nSPS) is 22.2. The second kappa shape index (κ2) is 15.3. The van der Waals surface area contributed by atoms with E-state index in [0.29, 0.717) is 28.7 Å². The average Bonchev–Trinajstić information content (AvgIpc) is 3.11. The molecule has 5 aromatic rings. The van der Waals surface area contributed by atoms with E-state index in [1.165, 1.54) is 0 Å². The molecule has 1 aliphatic rings. The van der Waals surface area contributed by atoms with Crippen molar-refractivity contribution in [2.45, 2.75) is 18.6 Å². The number of benzene rings is 5. The van der Waals surface area contributed by atoms with Gasteiger partial charge in [0.2, 0.25) is 0 Å². The molecule has 1 aliphatic heterocycles. The van der Waals surface area contributed by atoms with Crippen LogP contribution in [0.5, 0.6) is 28.7 Å². The predicted octanol–water partition coefficient (Wildman–Crippen LogP) is 9.70. The number of para-hydroxylation sites is 5. The van der Waals surface area contributed by atoms with Crippen LogP contribution in [0.25, 0.3) is 0 Å². The van der Waals surface area contributed by atoms with E-state index in [9.17, 15) is 0 Å². The summed E-state index contributed by atoms with van der Waals surface area (Å²) in [7, 11) is -9.55. The Balaban J connectivity index is 1.50. The van der Waals surface area contributed by atoms with Gasteiger partial charge in [-0.15, -0.1) is 0 Å². The summed E-state index contributed by atoms with van der Waals surface area (Å²) in [6, 6.07) is 47.8. The van der Waals surface area contributed by atoms with Gasteiger partial charge in [0.1, 0.15) is 0 Å². The molecule has 8 nitrogen and oxygen atoms in total. The molecule has 6 rings (SSSR count). The standard InChI is InChI=1S/C34H37ClN3O5P3/c1-28-37-44(40-30-19-9-3-10-20-30)34(39-29-17-7-2-8-18-29)27-36-46(35,43-33-25-15-6-16-26-33)38-45(28,41-31-21-11-4-12-22-31)42-32-23-13-5-14-24-32/h2-26,28,34,36,38,44-46H,27H2,1H3/t28?,34-/m1/s1. The Labute approximate surface area is 276 Å². The van der Waals surface area contributed by atoms with Gasteiger partial charge in [-0.05, 0) is 0 Å². The number of rotatable bonds is 10. The minimum atomic E-state index is -3.74. The van der Waals surface area contributed by atoms with Crippen LogP contribution in [0.15, 0.2) is 156 Å². The number of hydrogen-bond donors (Lipinski definition) is 2. The van der Waals surface area contributed by atoms with Crippen LogP contribution in [0.1, 0.15) is 6.92 Å². The number of hydrogen-bond acceptors (Lipinski definition) is 8. The van der Waals surface area contributed by atoms with Gasteiger partial charge in [0, 0.05) is 0 Å². The summed E-state index contributed by atoms with van der Waals surface area (Å²) in [6.07, 6.45) is 0. The molecule has 0 spiro atoms. The molecule has 1 heterocycles. The van der Waals surface area contributed by atoms with Gasteiger partial charge >= 0.3 is 277 Å². The summed E-state index contributed by atoms with van der Waals surface area (Å²) in [5.41, 5.74) is 0. The first-order valence-electron chi connectivity index (χ1n) is 15.0. The Morgan fingerprint density at radius 1 is 0.609 bits per heavy atom. The molecule has 0 saturated heterocycles. The average molecular weight is 696 g/mol. The first-order valence-corrected chi connectivity index (χ1v) is 21.2. The van der Waals surface area contributed by atoms with E-state index in [4.69, 9.17) is 38.8 Å². The fourth-order valence-corrected chi connectivity index (χ4v) is 15.3. The van der Waals surface area contributed by atoms with Gasteiger partial charge in [0.25, 0.3) is 0 Å². The van der Waals surface area contributed by atoms with Crippen LogP contribution >= 0.6 is 34.2 Å². The van der Waals surface area contributed by atoms with E-state index >= 15 is 0 Å². The number of ether oxygens (including phenoxy) is 1. The van der Waals surface area contributed by atoms with Crippen LogP contribution in [0.3, 0.4) is 0 Å². The fraction of sp³-hybridized carbons (Fsp3) is 0.118. The van der Waals surface area contributed by atoms with E-state index < -0.39 is 34.6 Å². The van der Waals surface area contributed by atoms with E-state index in [1.807, 2.05) is 159 Å². The van der Waals surface area contributed by atoms with Gasteiger partial charge in [0.15, 0.2) is 0 Å². The molecule has 0 aliphatic carbocycles. The third-order valence-corrected chi connectivity index (χ3v) is 16.9. The van der Waals surface area contributed by atoms with Gasteiger partial charge in [-0.3, -0.25) is 0 Å². The second-order valence-corrected chi connectivity index (χ2v) is 19.2. The zero-order valence-electron chi connectivity index (χ0n) is 25.2. The molecule has 2 unspecified atom stereocenters. The van der Waals surface area contributed by atoms with Crippen molar-refractivity contribution in [1.82, 2.24) is 9.95 Å². The molecule has 0 amide bonds. The molecule has 240 valence electrons. The van der Waals surface area contributed by atoms with Crippen LogP contribution in [0, 0.1) is 0 Å². The van der Waals surface area contributed by atoms with Gasteiger partial charge in [-0.1, -0.05) is 0 Å². The molecule has 2 N–H and O–H groups in total. The van der Waals surface area contributed by atoms with Gasteiger partial charge in [-0.2, -0.15) is 0 Å². The van der Waals surface area contributed by atoms with Crippen LogP contribution < -0.4 is 32.8 Å². The Kier molecular flexibility index (Phi) is 10.8. The molecule has 0 radical (unpaired) electrons. The third-order valence-electron chi connectivity index (χ3n) is 7.01. The fourth-order valence-electron chi connectivity index (χ4n) is 4.78. The summed E-state index contributed by atoms with van der Waals surface area (Å²) >= 11 is 7.56. The molecule has 12 heteroatoms. The quantitative estimate of drug-likeness (QED) is 0.141. The van der Waals surface area contributed by atoms with E-state index in [1.54, 1.807) is 0 Å². The molecule has 0 aromatic heterocycles. The van der Waals surface area contributed by atoms with Crippen LogP contribution in [0.2, 0.25) is 0 Å². The first-order chi connectivity index (χ1) is 22.5. The number of nitrogens with one attached hydrogen (secondary N) is 2. The van der Waals surface area contributed by atoms with Crippen molar-refractivity contribution in [3.63, 3.8) is 0 Å². The Bertz CT molecular complexity index is 1660. The monoisotopic (exact) mass is 695 g/mol. The van der Waals surface area contributed by atoms with E-state index in [2.05, 4.69) is 9.95 Å². The Morgan fingerprint density at radius 2 is 1.02 bits per heavy atom. The van der Waals surface area contributed by atoms with Crippen molar-refractivity contribution in [2.75, 3.05) is 6.54 Å². The van der Waals surface area contributed by atoms with Crippen molar-refractivity contribution in [3.8, 4) is 28.7 Å². The molecule has 0 fully saturated rings. The molecule has 5 aromatic carbocycles. The van der Waals surface area contributed by atoms with Crippen LogP contribution in [-0.2, 0) is 0 Å². The first kappa shape index (κ1) is 32.3. The predicted molar refractivity (Wildman–Crippen MR) is 193 cm³/mol. The topological polar surface area (TPSA) is 82.6 Å². The molecular weight excluding hydrogens is 659 g/mol. The molecule has 0 saturated carbocycles. The van der Waals surface area contributed by atoms with Gasteiger partial charge in [0.05, 0.1) is 0 Å². The SMILES string of the molecule is CC1/N=[PH](/Oc2ccccc2)[C@@H](Oc2ccccc2)CN[PH](Cl)(Oc2ccccc2)N[PH]1(Oc1ccccc1)Oc1ccccc1. The number of nitrogens with zero attached hydrogens (tertiary/aromatic N) is 1. The van der Waals surface area contributed by atoms with Gasteiger partial charge < -0.3 is 0 Å². The van der Waals surface area contributed by atoms with Crippen molar-refractivity contribution in [3.05, 3.63) is 152 Å². The Morgan fingerprint density at radius 3 is 1.50 bits per heavy atom. The summed E-state index contributed by atoms with van der Waals surface area (Å²) in [5.74, 6) is 2.14. The van der Waals surface area contributed by atoms with E-state index in [0.717, 1.165) is 0 Å². The zero-order chi connectivity index (χ0) is 31.7. The van der Waals surface area contributed by atoms with Gasteiger partial charge in [-0.25, -0.2) is 0 Å².